The van der Waals surface area contributed by atoms with E-state index in [4.69, 9.17) is 10.2 Å². The molecule has 6 nitrogen and oxygen atoms in total. The number of nitrogens with zero attached hydrogens (tertiary/aromatic N) is 3. The number of carboxylic acid groups (broad SMARTS) is 1. The molecular weight excluding hydrogens is 210 g/mol. The van der Waals surface area contributed by atoms with Gasteiger partial charge in [0.25, 0.3) is 0 Å². The molecule has 0 unspecified atom stereocenters. The summed E-state index contributed by atoms with van der Waals surface area (Å²) in [5.41, 5.74) is 1.09. The number of fused-ring (bicyclic) bond motifs is 1. The molecule has 1 heterocycles. The topological polar surface area (TPSA) is 88.2 Å². The minimum Gasteiger partial charge on any atom is -0.463 e. The molecule has 16 heavy (non-hydrogen) atoms. The van der Waals surface area contributed by atoms with Crippen LogP contribution in [0.4, 0.5) is 4.79 Å². The van der Waals surface area contributed by atoms with Crippen molar-refractivity contribution in [2.75, 3.05) is 6.61 Å². The molecule has 0 atom stereocenters. The lowest BCUT2D eigenvalue weighted by Gasteiger charge is -1.90. The van der Waals surface area contributed by atoms with Crippen molar-refractivity contribution in [2.24, 2.45) is 0 Å². The van der Waals surface area contributed by atoms with E-state index in [2.05, 4.69) is 16.9 Å². The van der Waals surface area contributed by atoms with Crippen molar-refractivity contribution in [3.63, 3.8) is 0 Å². The average Bonchev–Trinajstić information content (AvgIpc) is 2.73. The van der Waals surface area contributed by atoms with E-state index in [1.165, 1.54) is 6.08 Å². The number of hydrogen-bond donors (Lipinski definition) is 2. The molecule has 2 N–H and O–H groups in total. The summed E-state index contributed by atoms with van der Waals surface area (Å²) < 4.78 is 0.843. The molecule has 0 spiro atoms. The summed E-state index contributed by atoms with van der Waals surface area (Å²) in [5.74, 6) is 0. The third kappa shape index (κ3) is 2.64. The Hall–Kier alpha value is -2.21. The summed E-state index contributed by atoms with van der Waals surface area (Å²) in [7, 11) is 0. The van der Waals surface area contributed by atoms with Crippen LogP contribution in [0, 0.1) is 0 Å². The first-order chi connectivity index (χ1) is 7.70. The Kier molecular flexibility index (Phi) is 4.16. The Bertz CT molecular complexity index is 493. The fourth-order valence-electron chi connectivity index (χ4n) is 1.01. The summed E-state index contributed by atoms with van der Waals surface area (Å²) >= 11 is 0. The van der Waals surface area contributed by atoms with Gasteiger partial charge in [-0.05, 0) is 12.1 Å². The Morgan fingerprint density at radius 1 is 1.50 bits per heavy atom. The van der Waals surface area contributed by atoms with Gasteiger partial charge in [-0.2, -0.15) is 0 Å². The molecular formula is C10H11N3O3. The van der Waals surface area contributed by atoms with Gasteiger partial charge in [-0.3, -0.25) is 0 Å². The molecule has 1 aromatic heterocycles. The van der Waals surface area contributed by atoms with Crippen molar-refractivity contribution in [1.29, 1.82) is 0 Å². The number of hydrogen-bond acceptors (Lipinski definition) is 4. The first-order valence-electron chi connectivity index (χ1n) is 4.46. The fraction of sp³-hybridized carbons (Fsp3) is 0.100. The second kappa shape index (κ2) is 5.62. The van der Waals surface area contributed by atoms with Crippen LogP contribution in [-0.2, 0) is 0 Å². The van der Waals surface area contributed by atoms with Crippen LogP contribution >= 0.6 is 0 Å². The van der Waals surface area contributed by atoms with E-state index < -0.39 is 6.09 Å². The zero-order chi connectivity index (χ0) is 12.0. The van der Waals surface area contributed by atoms with Gasteiger partial charge < -0.3 is 10.2 Å². The predicted octanol–water partition coefficient (Wildman–Crippen LogP) is 1.12. The Labute approximate surface area is 91.4 Å². The zero-order valence-corrected chi connectivity index (χ0v) is 8.45. The van der Waals surface area contributed by atoms with Gasteiger partial charge in [-0.25, -0.2) is 4.79 Å². The molecule has 0 fully saturated rings. The smallest absolute Gasteiger partial charge is 0.434 e. The van der Waals surface area contributed by atoms with Gasteiger partial charge in [0.05, 0.1) is 6.61 Å². The van der Waals surface area contributed by atoms with Gasteiger partial charge in [-0.1, -0.05) is 23.4 Å². The quantitative estimate of drug-likeness (QED) is 0.704. The monoisotopic (exact) mass is 221 g/mol. The molecule has 0 saturated carbocycles. The Morgan fingerprint density at radius 2 is 2.12 bits per heavy atom. The number of aromatic nitrogens is 3. The van der Waals surface area contributed by atoms with Crippen LogP contribution in [0.25, 0.3) is 11.0 Å². The van der Waals surface area contributed by atoms with Crippen LogP contribution in [-0.4, -0.2) is 37.9 Å². The number of rotatable bonds is 1. The van der Waals surface area contributed by atoms with E-state index >= 15 is 0 Å². The van der Waals surface area contributed by atoms with Gasteiger partial charge in [0.1, 0.15) is 11.0 Å². The molecule has 6 heteroatoms. The molecule has 0 saturated heterocycles. The summed E-state index contributed by atoms with van der Waals surface area (Å²) in [6, 6.07) is 6.89. The predicted molar refractivity (Wildman–Crippen MR) is 58.2 cm³/mol. The Morgan fingerprint density at radius 3 is 2.69 bits per heavy atom. The standard InChI is InChI=1S/C7H5N3O2.C3H6O/c11-7(12)10-6-4-2-1-3-5(6)8-9-10;1-2-3-4/h1-4H,(H,11,12);2,4H,1,3H2. The highest BCUT2D eigenvalue weighted by Gasteiger charge is 2.07. The van der Waals surface area contributed by atoms with Gasteiger partial charge in [0.2, 0.25) is 0 Å². The van der Waals surface area contributed by atoms with Crippen LogP contribution in [0.3, 0.4) is 0 Å². The Balaban J connectivity index is 0.000000280. The molecule has 0 amide bonds. The summed E-state index contributed by atoms with van der Waals surface area (Å²) in [6.07, 6.45) is 0.309. The molecule has 84 valence electrons. The highest BCUT2D eigenvalue weighted by Crippen LogP contribution is 2.08. The molecule has 0 aliphatic rings. The van der Waals surface area contributed by atoms with Crippen LogP contribution < -0.4 is 0 Å². The maximum atomic E-state index is 10.5. The number of aliphatic hydroxyl groups is 1. The van der Waals surface area contributed by atoms with Crippen LogP contribution in [0.1, 0.15) is 0 Å². The molecule has 0 radical (unpaired) electrons. The lowest BCUT2D eigenvalue weighted by molar-refractivity contribution is 0.193. The maximum Gasteiger partial charge on any atom is 0.434 e. The van der Waals surface area contributed by atoms with E-state index in [0.29, 0.717) is 11.0 Å². The molecule has 0 aliphatic heterocycles. The lowest BCUT2D eigenvalue weighted by atomic mass is 10.3. The third-order valence-corrected chi connectivity index (χ3v) is 1.66. The van der Waals surface area contributed by atoms with Crippen molar-refractivity contribution < 1.29 is 15.0 Å². The first kappa shape index (κ1) is 11.9. The SMILES string of the molecule is C=CCO.O=C(O)n1nnc2ccccc21. The normalized spacial score (nSPS) is 9.31. The van der Waals surface area contributed by atoms with Gasteiger partial charge in [0.15, 0.2) is 0 Å². The molecule has 0 bridgehead atoms. The maximum absolute atomic E-state index is 10.5. The minimum absolute atomic E-state index is 0.0833. The van der Waals surface area contributed by atoms with E-state index in [1.807, 2.05) is 0 Å². The largest absolute Gasteiger partial charge is 0.463 e. The zero-order valence-electron chi connectivity index (χ0n) is 8.45. The van der Waals surface area contributed by atoms with Crippen molar-refractivity contribution in [2.45, 2.75) is 0 Å². The number of aliphatic hydroxyl groups excluding tert-OH is 1. The van der Waals surface area contributed by atoms with E-state index in [9.17, 15) is 4.79 Å². The molecule has 2 aromatic rings. The highest BCUT2D eigenvalue weighted by molar-refractivity contribution is 5.83. The van der Waals surface area contributed by atoms with E-state index in [0.717, 1.165) is 4.68 Å². The fourth-order valence-corrected chi connectivity index (χ4v) is 1.01. The summed E-state index contributed by atoms with van der Waals surface area (Å²) in [6.45, 7) is 3.31. The second-order valence-electron chi connectivity index (χ2n) is 2.74. The minimum atomic E-state index is -1.12. The highest BCUT2D eigenvalue weighted by atomic mass is 16.4. The molecule has 2 rings (SSSR count). The second-order valence-corrected chi connectivity index (χ2v) is 2.74. The van der Waals surface area contributed by atoms with Gasteiger partial charge in [0, 0.05) is 0 Å². The lowest BCUT2D eigenvalue weighted by Crippen LogP contribution is -2.09. The number of carbonyl (C=O) groups is 1. The number of para-hydroxylation sites is 1. The van der Waals surface area contributed by atoms with Crippen LogP contribution in [0.5, 0.6) is 0 Å². The van der Waals surface area contributed by atoms with Crippen molar-refractivity contribution >= 4 is 17.1 Å². The van der Waals surface area contributed by atoms with Crippen molar-refractivity contribution in [3.05, 3.63) is 36.9 Å². The van der Waals surface area contributed by atoms with Gasteiger partial charge in [-0.15, -0.1) is 16.4 Å². The van der Waals surface area contributed by atoms with Crippen LogP contribution in [0.15, 0.2) is 36.9 Å². The van der Waals surface area contributed by atoms with Crippen molar-refractivity contribution in [1.82, 2.24) is 15.0 Å². The van der Waals surface area contributed by atoms with E-state index in [1.54, 1.807) is 24.3 Å². The molecule has 1 aromatic carbocycles. The number of benzene rings is 1. The summed E-state index contributed by atoms with van der Waals surface area (Å²) in [4.78, 5) is 10.5. The third-order valence-electron chi connectivity index (χ3n) is 1.66. The van der Waals surface area contributed by atoms with E-state index in [-0.39, 0.29) is 6.61 Å². The summed E-state index contributed by atoms with van der Waals surface area (Å²) in [5, 5.41) is 23.5. The molecule has 0 aliphatic carbocycles. The average molecular weight is 221 g/mol. The van der Waals surface area contributed by atoms with Gasteiger partial charge >= 0.3 is 6.09 Å². The van der Waals surface area contributed by atoms with Crippen molar-refractivity contribution in [3.8, 4) is 0 Å². The van der Waals surface area contributed by atoms with Crippen LogP contribution in [0.2, 0.25) is 0 Å². The first-order valence-corrected chi connectivity index (χ1v) is 4.46.